The summed E-state index contributed by atoms with van der Waals surface area (Å²) in [6.07, 6.45) is 0. The maximum Gasteiger partial charge on any atom is 0.142 e. The van der Waals surface area contributed by atoms with Crippen molar-refractivity contribution in [2.45, 2.75) is 6.92 Å². The first-order valence-electron chi connectivity index (χ1n) is 4.65. The zero-order chi connectivity index (χ0) is 10.4. The van der Waals surface area contributed by atoms with Crippen LogP contribution in [0.15, 0.2) is 18.2 Å². The first-order valence-corrected chi connectivity index (χ1v) is 4.65. The van der Waals surface area contributed by atoms with Gasteiger partial charge in [-0.3, -0.25) is 0 Å². The summed E-state index contributed by atoms with van der Waals surface area (Å²) in [4.78, 5) is 0. The van der Waals surface area contributed by atoms with Gasteiger partial charge in [-0.25, -0.2) is 0 Å². The summed E-state index contributed by atoms with van der Waals surface area (Å²) in [6.45, 7) is 3.10. The number of aliphatic hydroxyl groups is 1. The molecule has 1 aromatic rings. The van der Waals surface area contributed by atoms with Crippen molar-refractivity contribution in [3.63, 3.8) is 0 Å². The molecule has 6 heteroatoms. The SMILES string of the molecule is CCOc1ccc(N)cc1NCCO.Cl.Cl. The highest BCUT2D eigenvalue weighted by molar-refractivity contribution is 5.85. The second-order valence-electron chi connectivity index (χ2n) is 2.84. The number of aliphatic hydroxyl groups excluding tert-OH is 1. The molecule has 0 fully saturated rings. The number of hydrogen-bond acceptors (Lipinski definition) is 4. The maximum atomic E-state index is 8.68. The normalized spacial score (nSPS) is 8.62. The highest BCUT2D eigenvalue weighted by atomic mass is 35.5. The van der Waals surface area contributed by atoms with Gasteiger partial charge in [0.25, 0.3) is 0 Å². The summed E-state index contributed by atoms with van der Waals surface area (Å²) in [5.41, 5.74) is 7.13. The average Bonchev–Trinajstić information content (AvgIpc) is 2.18. The molecule has 0 saturated heterocycles. The first kappa shape index (κ1) is 17.6. The predicted octanol–water partition coefficient (Wildman–Crippen LogP) is 1.92. The Morgan fingerprint density at radius 2 is 2.06 bits per heavy atom. The van der Waals surface area contributed by atoms with Crippen LogP contribution in [0, 0.1) is 0 Å². The Kier molecular flexibility index (Phi) is 10.3. The smallest absolute Gasteiger partial charge is 0.142 e. The fourth-order valence-electron chi connectivity index (χ4n) is 1.16. The van der Waals surface area contributed by atoms with Gasteiger partial charge in [0.15, 0.2) is 0 Å². The molecule has 94 valence electrons. The van der Waals surface area contributed by atoms with E-state index in [0.717, 1.165) is 11.4 Å². The molecule has 0 bridgehead atoms. The summed E-state index contributed by atoms with van der Waals surface area (Å²) in [5, 5.41) is 11.7. The molecule has 0 aliphatic carbocycles. The fourth-order valence-corrected chi connectivity index (χ4v) is 1.16. The minimum absolute atomic E-state index is 0. The predicted molar refractivity (Wildman–Crippen MR) is 72.1 cm³/mol. The quantitative estimate of drug-likeness (QED) is 0.714. The van der Waals surface area contributed by atoms with Gasteiger partial charge in [-0.2, -0.15) is 0 Å². The molecule has 0 saturated carbocycles. The molecule has 0 amide bonds. The highest BCUT2D eigenvalue weighted by Gasteiger charge is 2.02. The lowest BCUT2D eigenvalue weighted by atomic mass is 10.2. The number of nitrogens with one attached hydrogen (secondary N) is 1. The van der Waals surface area contributed by atoms with Crippen LogP contribution in [0.2, 0.25) is 0 Å². The molecule has 1 aromatic carbocycles. The molecule has 0 heterocycles. The maximum absolute atomic E-state index is 8.68. The Morgan fingerprint density at radius 1 is 1.38 bits per heavy atom. The Hall–Kier alpha value is -0.840. The van der Waals surface area contributed by atoms with E-state index >= 15 is 0 Å². The third-order valence-corrected chi connectivity index (χ3v) is 1.73. The number of ether oxygens (including phenoxy) is 1. The van der Waals surface area contributed by atoms with E-state index in [9.17, 15) is 0 Å². The molecule has 16 heavy (non-hydrogen) atoms. The standard InChI is InChI=1S/C10H16N2O2.2ClH/c1-2-14-10-4-3-8(11)7-9(10)12-5-6-13;;/h3-4,7,12-13H,2,5-6,11H2,1H3;2*1H. The molecule has 0 aliphatic heterocycles. The van der Waals surface area contributed by atoms with Crippen molar-refractivity contribution in [2.24, 2.45) is 0 Å². The average molecular weight is 269 g/mol. The van der Waals surface area contributed by atoms with Crippen molar-refractivity contribution in [1.29, 1.82) is 0 Å². The van der Waals surface area contributed by atoms with Gasteiger partial charge < -0.3 is 20.9 Å². The molecule has 0 spiro atoms. The van der Waals surface area contributed by atoms with Gasteiger partial charge in [0.2, 0.25) is 0 Å². The molecule has 0 radical (unpaired) electrons. The molecule has 0 atom stereocenters. The lowest BCUT2D eigenvalue weighted by Crippen LogP contribution is -2.07. The molecule has 0 unspecified atom stereocenters. The molecular weight excluding hydrogens is 251 g/mol. The van der Waals surface area contributed by atoms with Crippen LogP contribution in [0.25, 0.3) is 0 Å². The Balaban J connectivity index is 0. The van der Waals surface area contributed by atoms with Gasteiger partial charge in [0, 0.05) is 12.2 Å². The van der Waals surface area contributed by atoms with E-state index in [2.05, 4.69) is 5.32 Å². The van der Waals surface area contributed by atoms with Crippen LogP contribution in [-0.2, 0) is 0 Å². The Labute approximate surface area is 108 Å². The summed E-state index contributed by atoms with van der Waals surface area (Å²) in [6, 6.07) is 5.40. The Morgan fingerprint density at radius 3 is 2.62 bits per heavy atom. The van der Waals surface area contributed by atoms with Crippen LogP contribution >= 0.6 is 24.8 Å². The van der Waals surface area contributed by atoms with E-state index in [1.54, 1.807) is 12.1 Å². The van der Waals surface area contributed by atoms with E-state index in [0.29, 0.717) is 18.8 Å². The topological polar surface area (TPSA) is 67.5 Å². The summed E-state index contributed by atoms with van der Waals surface area (Å²) >= 11 is 0. The highest BCUT2D eigenvalue weighted by Crippen LogP contribution is 2.26. The van der Waals surface area contributed by atoms with Crippen molar-refractivity contribution in [2.75, 3.05) is 30.8 Å². The molecule has 0 aromatic heterocycles. The van der Waals surface area contributed by atoms with Gasteiger partial charge in [-0.1, -0.05) is 0 Å². The lowest BCUT2D eigenvalue weighted by Gasteiger charge is -2.12. The third kappa shape index (κ3) is 5.30. The van der Waals surface area contributed by atoms with Crippen LogP contribution in [0.1, 0.15) is 6.92 Å². The van der Waals surface area contributed by atoms with Crippen LogP contribution in [-0.4, -0.2) is 24.9 Å². The minimum atomic E-state index is 0. The zero-order valence-corrected chi connectivity index (χ0v) is 10.7. The molecule has 4 nitrogen and oxygen atoms in total. The number of hydrogen-bond donors (Lipinski definition) is 3. The minimum Gasteiger partial charge on any atom is -0.492 e. The molecule has 0 aliphatic rings. The molecule has 1 rings (SSSR count). The number of halogens is 2. The van der Waals surface area contributed by atoms with Crippen molar-refractivity contribution < 1.29 is 9.84 Å². The van der Waals surface area contributed by atoms with E-state index in [-0.39, 0.29) is 31.4 Å². The summed E-state index contributed by atoms with van der Waals surface area (Å²) in [7, 11) is 0. The lowest BCUT2D eigenvalue weighted by molar-refractivity contribution is 0.310. The van der Waals surface area contributed by atoms with Crippen molar-refractivity contribution in [3.8, 4) is 5.75 Å². The molecule has 4 N–H and O–H groups in total. The van der Waals surface area contributed by atoms with Crippen LogP contribution in [0.3, 0.4) is 0 Å². The fraction of sp³-hybridized carbons (Fsp3) is 0.400. The van der Waals surface area contributed by atoms with Gasteiger partial charge >= 0.3 is 0 Å². The monoisotopic (exact) mass is 268 g/mol. The van der Waals surface area contributed by atoms with E-state index in [1.165, 1.54) is 0 Å². The number of rotatable bonds is 5. The number of nitrogens with two attached hydrogens (primary N) is 1. The van der Waals surface area contributed by atoms with Gasteiger partial charge in [0.05, 0.1) is 18.9 Å². The van der Waals surface area contributed by atoms with E-state index < -0.39 is 0 Å². The number of benzene rings is 1. The van der Waals surface area contributed by atoms with E-state index in [1.807, 2.05) is 13.0 Å². The van der Waals surface area contributed by atoms with Crippen molar-refractivity contribution >= 4 is 36.2 Å². The third-order valence-electron chi connectivity index (χ3n) is 1.73. The van der Waals surface area contributed by atoms with Crippen LogP contribution in [0.4, 0.5) is 11.4 Å². The number of anilines is 2. The van der Waals surface area contributed by atoms with Crippen molar-refractivity contribution in [3.05, 3.63) is 18.2 Å². The number of nitrogen functional groups attached to an aromatic ring is 1. The van der Waals surface area contributed by atoms with E-state index in [4.69, 9.17) is 15.6 Å². The summed E-state index contributed by atoms with van der Waals surface area (Å²) < 4.78 is 5.39. The van der Waals surface area contributed by atoms with Crippen LogP contribution < -0.4 is 15.8 Å². The molecular formula is C10H18Cl2N2O2. The van der Waals surface area contributed by atoms with Gasteiger partial charge in [0.1, 0.15) is 5.75 Å². The van der Waals surface area contributed by atoms with Gasteiger partial charge in [-0.15, -0.1) is 24.8 Å². The zero-order valence-electron chi connectivity index (χ0n) is 9.10. The largest absolute Gasteiger partial charge is 0.492 e. The van der Waals surface area contributed by atoms with Crippen molar-refractivity contribution in [1.82, 2.24) is 0 Å². The van der Waals surface area contributed by atoms with Crippen LogP contribution in [0.5, 0.6) is 5.75 Å². The Bertz CT molecular complexity index is 298. The first-order chi connectivity index (χ1) is 6.77. The second-order valence-corrected chi connectivity index (χ2v) is 2.84. The summed E-state index contributed by atoms with van der Waals surface area (Å²) in [5.74, 6) is 0.759. The van der Waals surface area contributed by atoms with Gasteiger partial charge in [-0.05, 0) is 25.1 Å². The second kappa shape index (κ2) is 9.39.